The Balaban J connectivity index is 1.40. The van der Waals surface area contributed by atoms with Gasteiger partial charge in [0.05, 0.1) is 22.1 Å². The number of nitriles is 1. The number of nitrogens with one attached hydrogen (secondary N) is 1. The molecule has 1 aromatic carbocycles. The van der Waals surface area contributed by atoms with Crippen molar-refractivity contribution in [2.24, 2.45) is 7.05 Å². The second-order valence-corrected chi connectivity index (χ2v) is 18.6. The lowest BCUT2D eigenvalue weighted by Gasteiger charge is -2.39. The highest BCUT2D eigenvalue weighted by Crippen LogP contribution is 2.41. The average Bonchev–Trinajstić information content (AvgIpc) is 3.54. The fourth-order valence-corrected chi connectivity index (χ4v) is 7.54. The van der Waals surface area contributed by atoms with Crippen LogP contribution in [0.4, 0.5) is 10.6 Å². The molecule has 0 unspecified atom stereocenters. The van der Waals surface area contributed by atoms with E-state index >= 15 is 0 Å². The van der Waals surface area contributed by atoms with Crippen molar-refractivity contribution in [1.29, 1.82) is 5.26 Å². The number of amides is 1. The van der Waals surface area contributed by atoms with Gasteiger partial charge in [-0.15, -0.1) is 0 Å². The number of anilines is 1. The molecule has 220 valence electrons. The van der Waals surface area contributed by atoms with E-state index in [2.05, 4.69) is 41.0 Å². The van der Waals surface area contributed by atoms with Gasteiger partial charge in [0.1, 0.15) is 29.8 Å². The van der Waals surface area contributed by atoms with Gasteiger partial charge in [0.25, 0.3) is 0 Å². The number of ether oxygens (including phenoxy) is 1. The number of rotatable bonds is 8. The van der Waals surface area contributed by atoms with Crippen LogP contribution in [0.3, 0.4) is 0 Å². The number of piperidine rings is 1. The molecule has 0 saturated carbocycles. The highest BCUT2D eigenvalue weighted by Gasteiger charge is 2.42. The van der Waals surface area contributed by atoms with Crippen molar-refractivity contribution in [3.8, 4) is 17.2 Å². The highest BCUT2D eigenvalue weighted by atomic mass is 35.5. The Bertz CT molecular complexity index is 1710. The number of nitrogens with zero attached hydrogens (tertiary/aromatic N) is 7. The molecular formula is C29H35ClN8O3Si. The van der Waals surface area contributed by atoms with Gasteiger partial charge in [-0.2, -0.15) is 10.4 Å². The molecule has 2 bridgehead atoms. The Hall–Kier alpha value is -3.66. The molecule has 2 N–H and O–H groups in total. The molecule has 1 amide bonds. The maximum atomic E-state index is 11.3. The molecule has 2 aliphatic rings. The molecule has 2 fully saturated rings. The number of fused-ring (bicyclic) bond motifs is 4. The van der Waals surface area contributed by atoms with Gasteiger partial charge < -0.3 is 24.6 Å². The second kappa shape index (κ2) is 10.9. The molecule has 5 heterocycles. The van der Waals surface area contributed by atoms with Gasteiger partial charge in [-0.05, 0) is 37.8 Å². The van der Waals surface area contributed by atoms with Gasteiger partial charge in [-0.1, -0.05) is 37.3 Å². The van der Waals surface area contributed by atoms with Crippen molar-refractivity contribution in [3.05, 3.63) is 35.2 Å². The second-order valence-electron chi connectivity index (χ2n) is 12.6. The number of aryl methyl sites for hydroxylation is 1. The standard InChI is InChI=1S/C29H35ClN8O3Si/c1-36-23(13-31)25-22(35-36)8-7-20(26(25)30)21-15-37(16-41-9-10-42(2,3)4)28-27(21)32-14-24(34-28)38-18-5-6-19(38)12-17(11-18)33-29(39)40/h7-8,14-15,17-19,33H,5-6,9-12,16H2,1-4H3,(H,39,40)/t17-,18+,19-. The van der Waals surface area contributed by atoms with Crippen molar-refractivity contribution in [2.75, 3.05) is 11.5 Å². The Labute approximate surface area is 250 Å². The van der Waals surface area contributed by atoms with Gasteiger partial charge >= 0.3 is 6.09 Å². The first-order valence-corrected chi connectivity index (χ1v) is 18.4. The van der Waals surface area contributed by atoms with E-state index in [4.69, 9.17) is 26.3 Å². The zero-order chi connectivity index (χ0) is 29.8. The lowest BCUT2D eigenvalue weighted by Crippen LogP contribution is -2.50. The largest absolute Gasteiger partial charge is 0.465 e. The summed E-state index contributed by atoms with van der Waals surface area (Å²) < 4.78 is 9.68. The summed E-state index contributed by atoms with van der Waals surface area (Å²) in [4.78, 5) is 23.6. The normalized spacial score (nSPS) is 20.4. The Morgan fingerprint density at radius 3 is 2.64 bits per heavy atom. The third-order valence-electron chi connectivity index (χ3n) is 8.44. The van der Waals surface area contributed by atoms with Gasteiger partial charge in [-0.3, -0.25) is 4.68 Å². The summed E-state index contributed by atoms with van der Waals surface area (Å²) in [6, 6.07) is 7.43. The van der Waals surface area contributed by atoms with E-state index in [9.17, 15) is 15.2 Å². The van der Waals surface area contributed by atoms with Crippen LogP contribution in [0.1, 0.15) is 31.4 Å². The molecule has 0 aliphatic carbocycles. The van der Waals surface area contributed by atoms with Crippen molar-refractivity contribution in [3.63, 3.8) is 0 Å². The minimum absolute atomic E-state index is 0.0500. The summed E-state index contributed by atoms with van der Waals surface area (Å²) in [5.74, 6) is 0.789. The molecule has 3 aromatic heterocycles. The molecule has 2 saturated heterocycles. The lowest BCUT2D eigenvalue weighted by molar-refractivity contribution is 0.0899. The maximum Gasteiger partial charge on any atom is 0.404 e. The van der Waals surface area contributed by atoms with Gasteiger partial charge in [-0.25, -0.2) is 14.8 Å². The monoisotopic (exact) mass is 606 g/mol. The molecule has 2 aliphatic heterocycles. The highest BCUT2D eigenvalue weighted by molar-refractivity contribution is 6.76. The molecule has 13 heteroatoms. The van der Waals surface area contributed by atoms with E-state index in [0.717, 1.165) is 48.7 Å². The molecular weight excluding hydrogens is 572 g/mol. The molecule has 4 aromatic rings. The molecule has 0 radical (unpaired) electrons. The molecule has 42 heavy (non-hydrogen) atoms. The van der Waals surface area contributed by atoms with Gasteiger partial charge in [0.15, 0.2) is 5.65 Å². The summed E-state index contributed by atoms with van der Waals surface area (Å²) in [5, 5.41) is 27.2. The molecule has 6 rings (SSSR count). The first-order valence-electron chi connectivity index (χ1n) is 14.3. The van der Waals surface area contributed by atoms with Crippen LogP contribution in [-0.4, -0.2) is 68.3 Å². The van der Waals surface area contributed by atoms with E-state index in [-0.39, 0.29) is 18.1 Å². The smallest absolute Gasteiger partial charge is 0.404 e. The van der Waals surface area contributed by atoms with E-state index in [0.29, 0.717) is 46.1 Å². The van der Waals surface area contributed by atoms with E-state index < -0.39 is 14.2 Å². The summed E-state index contributed by atoms with van der Waals surface area (Å²) in [7, 11) is 0.479. The summed E-state index contributed by atoms with van der Waals surface area (Å²) in [6.07, 6.45) is 6.31. The summed E-state index contributed by atoms with van der Waals surface area (Å²) in [6.45, 7) is 7.97. The fraction of sp³-hybridized carbons (Fsp3) is 0.483. The Kier molecular flexibility index (Phi) is 7.37. The topological polar surface area (TPSA) is 134 Å². The van der Waals surface area contributed by atoms with Crippen LogP contribution in [0.2, 0.25) is 30.7 Å². The third-order valence-corrected chi connectivity index (χ3v) is 10.5. The quantitative estimate of drug-likeness (QED) is 0.196. The summed E-state index contributed by atoms with van der Waals surface area (Å²) in [5.41, 5.74) is 4.02. The fourth-order valence-electron chi connectivity index (χ4n) is 6.43. The zero-order valence-corrected chi connectivity index (χ0v) is 26.0. The van der Waals surface area contributed by atoms with E-state index in [1.54, 1.807) is 11.7 Å². The van der Waals surface area contributed by atoms with E-state index in [1.165, 1.54) is 0 Å². The number of carbonyl (C=O) groups is 1. The first kappa shape index (κ1) is 28.5. The maximum absolute atomic E-state index is 11.3. The zero-order valence-electron chi connectivity index (χ0n) is 24.3. The van der Waals surface area contributed by atoms with E-state index in [1.807, 2.05) is 29.1 Å². The number of carboxylic acid groups (broad SMARTS) is 1. The number of benzene rings is 1. The molecule has 11 nitrogen and oxygen atoms in total. The van der Waals surface area contributed by atoms with Crippen molar-refractivity contribution in [1.82, 2.24) is 29.6 Å². The molecule has 0 spiro atoms. The number of hydrogen-bond donors (Lipinski definition) is 2. The Morgan fingerprint density at radius 1 is 1.24 bits per heavy atom. The predicted molar refractivity (Wildman–Crippen MR) is 165 cm³/mol. The first-order chi connectivity index (χ1) is 20.0. The van der Waals surface area contributed by atoms with Crippen molar-refractivity contribution < 1.29 is 14.6 Å². The SMILES string of the molecule is Cn1nc2ccc(-c3cn(COCC[Si](C)(C)C)c4nc(N5[C@@H]6CC[C@H]5C[C@@H](NC(=O)O)C6)cnc34)c(Cl)c2c1C#N. The van der Waals surface area contributed by atoms with Gasteiger partial charge in [0, 0.05) is 57.2 Å². The summed E-state index contributed by atoms with van der Waals surface area (Å²) >= 11 is 6.96. The molecule has 3 atom stereocenters. The van der Waals surface area contributed by atoms with Crippen LogP contribution in [0.15, 0.2) is 24.5 Å². The third kappa shape index (κ3) is 5.21. The predicted octanol–water partition coefficient (Wildman–Crippen LogP) is 5.59. The van der Waals surface area contributed by atoms with Crippen molar-refractivity contribution >= 4 is 53.7 Å². The minimum Gasteiger partial charge on any atom is -0.465 e. The lowest BCUT2D eigenvalue weighted by atomic mass is 9.97. The average molecular weight is 607 g/mol. The Morgan fingerprint density at radius 2 is 1.98 bits per heavy atom. The van der Waals surface area contributed by atoms with Crippen LogP contribution in [0.5, 0.6) is 0 Å². The van der Waals surface area contributed by atoms with Crippen LogP contribution < -0.4 is 10.2 Å². The number of aromatic nitrogens is 5. The van der Waals surface area contributed by atoms with Crippen LogP contribution >= 0.6 is 11.6 Å². The van der Waals surface area contributed by atoms with Crippen LogP contribution in [0, 0.1) is 11.3 Å². The minimum atomic E-state index is -1.26. The van der Waals surface area contributed by atoms with Crippen LogP contribution in [-0.2, 0) is 18.5 Å². The number of hydrogen-bond acceptors (Lipinski definition) is 7. The number of halogens is 1. The van der Waals surface area contributed by atoms with Gasteiger partial charge in [0.2, 0.25) is 0 Å². The van der Waals surface area contributed by atoms with Crippen molar-refractivity contribution in [2.45, 2.75) is 76.2 Å². The van der Waals surface area contributed by atoms with Crippen LogP contribution in [0.25, 0.3) is 33.2 Å².